The van der Waals surface area contributed by atoms with Crippen molar-refractivity contribution in [3.05, 3.63) is 30.3 Å². The van der Waals surface area contributed by atoms with E-state index in [9.17, 15) is 4.79 Å². The molecule has 0 radical (unpaired) electrons. The third-order valence-corrected chi connectivity index (χ3v) is 6.24. The maximum atomic E-state index is 12.2. The van der Waals surface area contributed by atoms with Gasteiger partial charge in [-0.3, -0.25) is 4.79 Å². The van der Waals surface area contributed by atoms with Crippen LogP contribution in [0.2, 0.25) is 0 Å². The van der Waals surface area contributed by atoms with Crippen LogP contribution in [0.5, 0.6) is 5.75 Å². The van der Waals surface area contributed by atoms with Gasteiger partial charge in [0.25, 0.3) is 5.91 Å². The minimum atomic E-state index is -0.00609. The largest absolute Gasteiger partial charge is 0.484 e. The molecule has 2 fully saturated rings. The number of hydrogen-bond acceptors (Lipinski definition) is 2. The fraction of sp³-hybridized carbons (Fsp3) is 0.611. The smallest absolute Gasteiger partial charge is 0.258 e. The van der Waals surface area contributed by atoms with Crippen LogP contribution in [-0.2, 0) is 4.79 Å². The van der Waals surface area contributed by atoms with Crippen molar-refractivity contribution in [2.24, 2.45) is 16.7 Å². The van der Waals surface area contributed by atoms with Crippen molar-refractivity contribution >= 4 is 5.91 Å². The summed E-state index contributed by atoms with van der Waals surface area (Å²) in [5.74, 6) is 1.48. The molecule has 0 aliphatic heterocycles. The highest BCUT2D eigenvalue weighted by molar-refractivity contribution is 5.78. The van der Waals surface area contributed by atoms with Crippen molar-refractivity contribution in [2.45, 2.75) is 46.1 Å². The first-order valence-electron chi connectivity index (χ1n) is 7.91. The SMILES string of the molecule is CC1(C)C2CCC1(C)C(NC(=O)COc1ccccc1)C2. The molecule has 1 N–H and O–H groups in total. The molecule has 3 rings (SSSR count). The summed E-state index contributed by atoms with van der Waals surface area (Å²) in [6, 6.07) is 9.79. The zero-order valence-corrected chi connectivity index (χ0v) is 13.2. The second kappa shape index (κ2) is 5.04. The third-order valence-electron chi connectivity index (χ3n) is 6.24. The van der Waals surface area contributed by atoms with E-state index in [0.29, 0.717) is 5.41 Å². The quantitative estimate of drug-likeness (QED) is 0.921. The highest BCUT2D eigenvalue weighted by atomic mass is 16.5. The summed E-state index contributed by atoms with van der Waals surface area (Å²) >= 11 is 0. The van der Waals surface area contributed by atoms with E-state index in [2.05, 4.69) is 26.1 Å². The van der Waals surface area contributed by atoms with Crippen molar-refractivity contribution in [1.29, 1.82) is 0 Å². The van der Waals surface area contributed by atoms with Gasteiger partial charge >= 0.3 is 0 Å². The van der Waals surface area contributed by atoms with Crippen LogP contribution in [-0.4, -0.2) is 18.6 Å². The van der Waals surface area contributed by atoms with Crippen LogP contribution in [0.4, 0.5) is 0 Å². The summed E-state index contributed by atoms with van der Waals surface area (Å²) in [5, 5.41) is 3.21. The van der Waals surface area contributed by atoms with E-state index in [1.807, 2.05) is 30.3 Å². The lowest BCUT2D eigenvalue weighted by atomic mass is 9.69. The van der Waals surface area contributed by atoms with Gasteiger partial charge < -0.3 is 10.1 Å². The lowest BCUT2D eigenvalue weighted by molar-refractivity contribution is -0.124. The Labute approximate surface area is 127 Å². The first-order chi connectivity index (χ1) is 9.93. The van der Waals surface area contributed by atoms with Crippen molar-refractivity contribution < 1.29 is 9.53 Å². The number of para-hydroxylation sites is 1. The van der Waals surface area contributed by atoms with Gasteiger partial charge in [0.15, 0.2) is 6.61 Å². The van der Waals surface area contributed by atoms with Crippen LogP contribution < -0.4 is 10.1 Å². The number of nitrogens with one attached hydrogen (secondary N) is 1. The zero-order chi connectivity index (χ0) is 15.1. The van der Waals surface area contributed by atoms with Gasteiger partial charge in [-0.1, -0.05) is 39.0 Å². The molecule has 2 aliphatic carbocycles. The number of ether oxygens (including phenoxy) is 1. The van der Waals surface area contributed by atoms with Crippen LogP contribution in [0.1, 0.15) is 40.0 Å². The van der Waals surface area contributed by atoms with Gasteiger partial charge in [-0.2, -0.15) is 0 Å². The van der Waals surface area contributed by atoms with Gasteiger partial charge in [0.05, 0.1) is 0 Å². The van der Waals surface area contributed by atoms with E-state index in [1.54, 1.807) is 0 Å². The molecular formula is C18H25NO2. The Morgan fingerprint density at radius 3 is 2.57 bits per heavy atom. The van der Waals surface area contributed by atoms with Crippen molar-refractivity contribution in [3.63, 3.8) is 0 Å². The maximum Gasteiger partial charge on any atom is 0.258 e. The normalized spacial score (nSPS) is 32.9. The minimum Gasteiger partial charge on any atom is -0.484 e. The number of amides is 1. The summed E-state index contributed by atoms with van der Waals surface area (Å²) in [6.45, 7) is 7.15. The lowest BCUT2D eigenvalue weighted by Gasteiger charge is -2.39. The highest BCUT2D eigenvalue weighted by Gasteiger charge is 2.61. The molecule has 1 aromatic carbocycles. The molecule has 1 aromatic rings. The van der Waals surface area contributed by atoms with Crippen LogP contribution in [0, 0.1) is 16.7 Å². The zero-order valence-electron chi connectivity index (χ0n) is 13.2. The number of fused-ring (bicyclic) bond motifs is 2. The minimum absolute atomic E-state index is 0.00609. The number of benzene rings is 1. The Morgan fingerprint density at radius 2 is 2.00 bits per heavy atom. The number of carbonyl (C=O) groups is 1. The van der Waals surface area contributed by atoms with Crippen LogP contribution >= 0.6 is 0 Å². The average Bonchev–Trinajstić information content (AvgIpc) is 2.79. The average molecular weight is 287 g/mol. The molecule has 0 spiro atoms. The summed E-state index contributed by atoms with van der Waals surface area (Å²) in [5.41, 5.74) is 0.547. The number of hydrogen-bond donors (Lipinski definition) is 1. The molecule has 0 saturated heterocycles. The van der Waals surface area contributed by atoms with Gasteiger partial charge in [0, 0.05) is 6.04 Å². The molecule has 2 aliphatic rings. The second-order valence-electron chi connectivity index (χ2n) is 7.33. The van der Waals surface area contributed by atoms with E-state index < -0.39 is 0 Å². The third kappa shape index (κ3) is 2.33. The standard InChI is InChI=1S/C18H25NO2/c1-17(2)13-9-10-18(17,3)15(11-13)19-16(20)12-21-14-7-5-4-6-8-14/h4-8,13,15H,9-12H2,1-3H3,(H,19,20). The Bertz CT molecular complexity index is 525. The molecule has 3 atom stereocenters. The molecule has 3 heteroatoms. The Balaban J connectivity index is 1.57. The number of rotatable bonds is 4. The fourth-order valence-electron chi connectivity index (χ4n) is 4.32. The summed E-state index contributed by atoms with van der Waals surface area (Å²) in [6.07, 6.45) is 3.63. The van der Waals surface area contributed by atoms with Gasteiger partial charge in [0.2, 0.25) is 0 Å². The first kappa shape index (κ1) is 14.4. The molecule has 21 heavy (non-hydrogen) atoms. The molecule has 1 amide bonds. The fourth-order valence-corrected chi connectivity index (χ4v) is 4.32. The predicted molar refractivity (Wildman–Crippen MR) is 83.1 cm³/mol. The van der Waals surface area contributed by atoms with E-state index >= 15 is 0 Å². The predicted octanol–water partition coefficient (Wildman–Crippen LogP) is 3.40. The summed E-state index contributed by atoms with van der Waals surface area (Å²) < 4.78 is 5.53. The molecule has 3 unspecified atom stereocenters. The van der Waals surface area contributed by atoms with Crippen LogP contribution in [0.25, 0.3) is 0 Å². The Hall–Kier alpha value is -1.51. The Morgan fingerprint density at radius 1 is 1.29 bits per heavy atom. The van der Waals surface area contributed by atoms with Crippen LogP contribution in [0.15, 0.2) is 30.3 Å². The van der Waals surface area contributed by atoms with Gasteiger partial charge in [-0.05, 0) is 48.1 Å². The van der Waals surface area contributed by atoms with Crippen LogP contribution in [0.3, 0.4) is 0 Å². The molecule has 2 saturated carbocycles. The van der Waals surface area contributed by atoms with Gasteiger partial charge in [-0.25, -0.2) is 0 Å². The maximum absolute atomic E-state index is 12.2. The highest BCUT2D eigenvalue weighted by Crippen LogP contribution is 2.65. The lowest BCUT2D eigenvalue weighted by Crippen LogP contribution is -2.48. The molecule has 0 heterocycles. The molecule has 0 aromatic heterocycles. The molecular weight excluding hydrogens is 262 g/mol. The first-order valence-corrected chi connectivity index (χ1v) is 7.91. The Kier molecular flexibility index (Phi) is 3.46. The summed E-state index contributed by atoms with van der Waals surface area (Å²) in [7, 11) is 0. The number of carbonyl (C=O) groups excluding carboxylic acids is 1. The molecule has 2 bridgehead atoms. The van der Waals surface area contributed by atoms with E-state index in [0.717, 1.165) is 18.1 Å². The van der Waals surface area contributed by atoms with Crippen molar-refractivity contribution in [2.75, 3.05) is 6.61 Å². The topological polar surface area (TPSA) is 38.3 Å². The second-order valence-corrected chi connectivity index (χ2v) is 7.33. The molecule has 3 nitrogen and oxygen atoms in total. The van der Waals surface area contributed by atoms with E-state index in [1.165, 1.54) is 12.8 Å². The van der Waals surface area contributed by atoms with Gasteiger partial charge in [0.1, 0.15) is 5.75 Å². The monoisotopic (exact) mass is 287 g/mol. The molecule has 114 valence electrons. The summed E-state index contributed by atoms with van der Waals surface area (Å²) in [4.78, 5) is 12.2. The van der Waals surface area contributed by atoms with E-state index in [-0.39, 0.29) is 24.0 Å². The van der Waals surface area contributed by atoms with Gasteiger partial charge in [-0.15, -0.1) is 0 Å². The van der Waals surface area contributed by atoms with Crippen molar-refractivity contribution in [3.8, 4) is 5.75 Å². The van der Waals surface area contributed by atoms with E-state index in [4.69, 9.17) is 4.74 Å². The van der Waals surface area contributed by atoms with Crippen molar-refractivity contribution in [1.82, 2.24) is 5.32 Å².